The average molecular weight is 317 g/mol. The van der Waals surface area contributed by atoms with Gasteiger partial charge < -0.3 is 5.84 Å². The first kappa shape index (κ1) is 13.4. The number of nitrogens with two attached hydrogens (primary N) is 1. The van der Waals surface area contributed by atoms with E-state index >= 15 is 0 Å². The van der Waals surface area contributed by atoms with Crippen LogP contribution in [0, 0.1) is 0 Å². The summed E-state index contributed by atoms with van der Waals surface area (Å²) in [4.78, 5) is 0. The molecule has 0 saturated heterocycles. The molecule has 2 aromatic rings. The molecule has 0 aliphatic carbocycles. The molecule has 2 N–H and O–H groups in total. The van der Waals surface area contributed by atoms with Crippen molar-refractivity contribution in [1.82, 2.24) is 24.5 Å². The molecule has 2 heterocycles. The number of rotatable bonds is 3. The quantitative estimate of drug-likeness (QED) is 0.687. The van der Waals surface area contributed by atoms with Crippen LogP contribution in [0.4, 0.5) is 13.2 Å². The lowest BCUT2D eigenvalue weighted by Gasteiger charge is -2.05. The van der Waals surface area contributed by atoms with Crippen LogP contribution in [0.5, 0.6) is 0 Å². The van der Waals surface area contributed by atoms with Gasteiger partial charge in [0.2, 0.25) is 5.16 Å². The number of nitrogens with zero attached hydrogens (tertiary/aromatic N) is 5. The van der Waals surface area contributed by atoms with Crippen LogP contribution in [0.25, 0.3) is 0 Å². The molecule has 0 saturated carbocycles. The Morgan fingerprint density at radius 2 is 2.06 bits per heavy atom. The molecule has 12 heteroatoms. The molecule has 0 aromatic carbocycles. The first-order valence-electron chi connectivity index (χ1n) is 4.27. The second-order valence-electron chi connectivity index (χ2n) is 2.96. The van der Waals surface area contributed by atoms with E-state index in [4.69, 9.17) is 17.4 Å². The van der Waals surface area contributed by atoms with Crippen molar-refractivity contribution in [3.05, 3.63) is 15.9 Å². The maximum absolute atomic E-state index is 12.4. The van der Waals surface area contributed by atoms with E-state index in [1.54, 1.807) is 0 Å². The van der Waals surface area contributed by atoms with E-state index in [1.165, 1.54) is 0 Å². The molecular formula is C6H4ClF3N6S2. The topological polar surface area (TPSA) is 82.5 Å². The van der Waals surface area contributed by atoms with Crippen molar-refractivity contribution in [1.29, 1.82) is 0 Å². The van der Waals surface area contributed by atoms with Crippen LogP contribution in [-0.2, 0) is 11.9 Å². The molecule has 2 rings (SSSR count). The van der Waals surface area contributed by atoms with Gasteiger partial charge in [-0.3, -0.25) is 0 Å². The molecule has 2 aromatic heterocycles. The molecule has 98 valence electrons. The van der Waals surface area contributed by atoms with Gasteiger partial charge in [-0.25, -0.2) is 4.68 Å². The molecule has 0 fully saturated rings. The van der Waals surface area contributed by atoms with E-state index in [9.17, 15) is 13.2 Å². The van der Waals surface area contributed by atoms with E-state index in [0.29, 0.717) is 14.7 Å². The Bertz CT molecular complexity index is 552. The van der Waals surface area contributed by atoms with Crippen molar-refractivity contribution in [2.75, 3.05) is 5.84 Å². The molecular weight excluding hydrogens is 313 g/mol. The Balaban J connectivity index is 2.12. The van der Waals surface area contributed by atoms with Crippen LogP contribution >= 0.6 is 34.9 Å². The highest BCUT2D eigenvalue weighted by atomic mass is 35.5. The number of aromatic nitrogens is 5. The Morgan fingerprint density at radius 1 is 1.33 bits per heavy atom. The molecule has 0 bridgehead atoms. The maximum atomic E-state index is 12.4. The normalized spacial score (nSPS) is 12.0. The van der Waals surface area contributed by atoms with E-state index in [1.807, 2.05) is 0 Å². The summed E-state index contributed by atoms with van der Waals surface area (Å²) < 4.78 is 41.5. The summed E-state index contributed by atoms with van der Waals surface area (Å²) in [6, 6.07) is 0. The first-order chi connectivity index (χ1) is 8.39. The standard InChI is InChI=1S/C6H4ClF3N6S2/c7-3-2(12-15-18-3)1-17-5-14-13-4(16(5)11)6(8,9)10/h1,11H2. The third-order valence-electron chi connectivity index (χ3n) is 1.77. The van der Waals surface area contributed by atoms with Crippen LogP contribution in [-0.4, -0.2) is 24.5 Å². The van der Waals surface area contributed by atoms with Crippen molar-refractivity contribution >= 4 is 34.9 Å². The molecule has 0 unspecified atom stereocenters. The monoisotopic (exact) mass is 316 g/mol. The van der Waals surface area contributed by atoms with Gasteiger partial charge in [-0.05, 0) is 0 Å². The smallest absolute Gasteiger partial charge is 0.335 e. The number of nitrogen functional groups attached to an aromatic ring is 1. The third kappa shape index (κ3) is 2.67. The van der Waals surface area contributed by atoms with Crippen molar-refractivity contribution in [3.8, 4) is 0 Å². The van der Waals surface area contributed by atoms with Crippen molar-refractivity contribution in [2.45, 2.75) is 17.1 Å². The van der Waals surface area contributed by atoms with Crippen LogP contribution in [0.2, 0.25) is 4.34 Å². The van der Waals surface area contributed by atoms with Gasteiger partial charge in [-0.1, -0.05) is 27.9 Å². The van der Waals surface area contributed by atoms with Gasteiger partial charge in [-0.15, -0.1) is 15.3 Å². The van der Waals surface area contributed by atoms with Crippen LogP contribution in [0.1, 0.15) is 11.5 Å². The van der Waals surface area contributed by atoms with Gasteiger partial charge in [0.15, 0.2) is 0 Å². The van der Waals surface area contributed by atoms with Crippen LogP contribution in [0.3, 0.4) is 0 Å². The van der Waals surface area contributed by atoms with E-state index in [0.717, 1.165) is 23.3 Å². The lowest BCUT2D eigenvalue weighted by molar-refractivity contribution is -0.146. The van der Waals surface area contributed by atoms with E-state index in [2.05, 4.69) is 19.8 Å². The molecule has 0 spiro atoms. The minimum Gasteiger partial charge on any atom is -0.335 e. The summed E-state index contributed by atoms with van der Waals surface area (Å²) in [7, 11) is 0. The lowest BCUT2D eigenvalue weighted by atomic mass is 10.6. The van der Waals surface area contributed by atoms with Gasteiger partial charge in [-0.2, -0.15) is 13.2 Å². The fraction of sp³-hybridized carbons (Fsp3) is 0.333. The highest BCUT2D eigenvalue weighted by molar-refractivity contribution is 7.98. The molecule has 0 aliphatic rings. The van der Waals surface area contributed by atoms with E-state index < -0.39 is 12.0 Å². The fourth-order valence-electron chi connectivity index (χ4n) is 0.985. The zero-order valence-corrected chi connectivity index (χ0v) is 10.7. The summed E-state index contributed by atoms with van der Waals surface area (Å²) in [6.07, 6.45) is -4.64. The molecule has 0 radical (unpaired) electrons. The predicted molar refractivity (Wildman–Crippen MR) is 59.7 cm³/mol. The van der Waals surface area contributed by atoms with Gasteiger partial charge in [0, 0.05) is 17.3 Å². The van der Waals surface area contributed by atoms with Gasteiger partial charge in [0.25, 0.3) is 5.82 Å². The Hall–Kier alpha value is -1.07. The third-order valence-corrected chi connectivity index (χ3v) is 3.70. The fourth-order valence-corrected chi connectivity index (χ4v) is 2.57. The number of hydrogen-bond acceptors (Lipinski definition) is 7. The van der Waals surface area contributed by atoms with Crippen molar-refractivity contribution in [3.63, 3.8) is 0 Å². The SMILES string of the molecule is Nn1c(SCc2nnsc2Cl)nnc1C(F)(F)F. The van der Waals surface area contributed by atoms with Gasteiger partial charge >= 0.3 is 6.18 Å². The molecule has 18 heavy (non-hydrogen) atoms. The zero-order valence-electron chi connectivity index (χ0n) is 8.35. The van der Waals surface area contributed by atoms with E-state index in [-0.39, 0.29) is 10.9 Å². The van der Waals surface area contributed by atoms with Crippen molar-refractivity contribution < 1.29 is 13.2 Å². The first-order valence-corrected chi connectivity index (χ1v) is 6.40. The Labute approximate surface area is 111 Å². The molecule has 6 nitrogen and oxygen atoms in total. The average Bonchev–Trinajstić information content (AvgIpc) is 2.81. The number of halogens is 4. The van der Waals surface area contributed by atoms with Gasteiger partial charge in [0.05, 0.1) is 0 Å². The zero-order chi connectivity index (χ0) is 13.3. The molecule has 0 amide bonds. The summed E-state index contributed by atoms with van der Waals surface area (Å²) in [5, 5.41) is 9.97. The maximum Gasteiger partial charge on any atom is 0.453 e. The minimum absolute atomic E-state index is 0.0774. The highest BCUT2D eigenvalue weighted by Crippen LogP contribution is 2.30. The van der Waals surface area contributed by atoms with Crippen LogP contribution < -0.4 is 5.84 Å². The second-order valence-corrected chi connectivity index (χ2v) is 5.25. The number of alkyl halides is 3. The highest BCUT2D eigenvalue weighted by Gasteiger charge is 2.38. The summed E-state index contributed by atoms with van der Waals surface area (Å²) in [5.41, 5.74) is 0.461. The lowest BCUT2D eigenvalue weighted by Crippen LogP contribution is -2.21. The minimum atomic E-state index is -4.64. The van der Waals surface area contributed by atoms with Crippen molar-refractivity contribution in [2.24, 2.45) is 0 Å². The summed E-state index contributed by atoms with van der Waals surface area (Å²) in [6.45, 7) is 0. The Kier molecular flexibility index (Phi) is 3.64. The van der Waals surface area contributed by atoms with Gasteiger partial charge in [0.1, 0.15) is 10.0 Å². The number of hydrogen-bond donors (Lipinski definition) is 1. The predicted octanol–water partition coefficient (Wildman–Crippen LogP) is 1.81. The summed E-state index contributed by atoms with van der Waals surface area (Å²) >= 11 is 7.68. The molecule has 0 aliphatic heterocycles. The number of thioether (sulfide) groups is 1. The molecule has 0 atom stereocenters. The second kappa shape index (κ2) is 4.90. The Morgan fingerprint density at radius 3 is 2.56 bits per heavy atom. The van der Waals surface area contributed by atoms with Crippen LogP contribution in [0.15, 0.2) is 5.16 Å². The largest absolute Gasteiger partial charge is 0.453 e. The summed E-state index contributed by atoms with van der Waals surface area (Å²) in [5.74, 6) is 4.21.